The van der Waals surface area contributed by atoms with Gasteiger partial charge in [0.25, 0.3) is 0 Å². The second kappa shape index (κ2) is 5.14. The Hall–Kier alpha value is -0.660. The Bertz CT molecular complexity index is 421. The Kier molecular flexibility index (Phi) is 3.93. The van der Waals surface area contributed by atoms with Crippen molar-refractivity contribution < 1.29 is 23.1 Å². The predicted octanol–water partition coefficient (Wildman–Crippen LogP) is -0.275. The second-order valence-corrected chi connectivity index (χ2v) is 7.10. The normalized spacial score (nSPS) is 33.8. The minimum atomic E-state index is -3.50. The summed E-state index contributed by atoms with van der Waals surface area (Å²) in [5, 5.41) is 8.74. The van der Waals surface area contributed by atoms with Gasteiger partial charge in [-0.25, -0.2) is 8.42 Å². The molecule has 1 saturated carbocycles. The van der Waals surface area contributed by atoms with Gasteiger partial charge in [-0.3, -0.25) is 4.79 Å². The van der Waals surface area contributed by atoms with Crippen LogP contribution < -0.4 is 0 Å². The summed E-state index contributed by atoms with van der Waals surface area (Å²) in [7, 11) is -2.22. The molecule has 6 nitrogen and oxygen atoms in total. The van der Waals surface area contributed by atoms with Crippen molar-refractivity contribution in [3.63, 3.8) is 0 Å². The van der Waals surface area contributed by atoms with Gasteiger partial charge in [0.1, 0.15) is 0 Å². The average molecular weight is 277 g/mol. The molecule has 1 aliphatic heterocycles. The second-order valence-electron chi connectivity index (χ2n) is 4.94. The lowest BCUT2D eigenvalue weighted by molar-refractivity contribution is -0.145. The van der Waals surface area contributed by atoms with Crippen molar-refractivity contribution in [2.45, 2.75) is 37.0 Å². The van der Waals surface area contributed by atoms with Crippen molar-refractivity contribution in [1.82, 2.24) is 4.31 Å². The first-order valence-corrected chi connectivity index (χ1v) is 7.72. The number of β-amino-alcohol motifs (C(OH)–C–C–N with tert-alkyl or cyclic N) is 1. The molecule has 0 aromatic heterocycles. The molecular formula is C11H19NO5S. The van der Waals surface area contributed by atoms with Gasteiger partial charge in [0.2, 0.25) is 10.0 Å². The SMILES string of the molecule is COC(=O)C1CCCC1S(=O)(=O)N1CC[C@H](O)C1. The number of hydrogen-bond acceptors (Lipinski definition) is 5. The van der Waals surface area contributed by atoms with Gasteiger partial charge in [-0.15, -0.1) is 0 Å². The summed E-state index contributed by atoms with van der Waals surface area (Å²) in [5.74, 6) is -1.00. The summed E-state index contributed by atoms with van der Waals surface area (Å²) in [6.45, 7) is 0.487. The van der Waals surface area contributed by atoms with Gasteiger partial charge >= 0.3 is 5.97 Å². The Morgan fingerprint density at radius 3 is 2.61 bits per heavy atom. The van der Waals surface area contributed by atoms with Crippen molar-refractivity contribution in [3.8, 4) is 0 Å². The Morgan fingerprint density at radius 2 is 2.06 bits per heavy atom. The summed E-state index contributed by atoms with van der Waals surface area (Å²) in [6.07, 6.45) is 1.66. The van der Waals surface area contributed by atoms with Crippen LogP contribution in [0.4, 0.5) is 0 Å². The van der Waals surface area contributed by atoms with E-state index in [9.17, 15) is 18.3 Å². The van der Waals surface area contributed by atoms with Crippen LogP contribution in [0, 0.1) is 5.92 Å². The topological polar surface area (TPSA) is 83.9 Å². The highest BCUT2D eigenvalue weighted by atomic mass is 32.2. The fourth-order valence-electron chi connectivity index (χ4n) is 2.84. The third-order valence-corrected chi connectivity index (χ3v) is 6.21. The maximum Gasteiger partial charge on any atom is 0.310 e. The molecule has 1 saturated heterocycles. The number of methoxy groups -OCH3 is 1. The fourth-order valence-corrected chi connectivity index (χ4v) is 5.09. The molecule has 0 radical (unpaired) electrons. The van der Waals surface area contributed by atoms with Crippen molar-refractivity contribution >= 4 is 16.0 Å². The molecule has 1 N–H and O–H groups in total. The number of esters is 1. The van der Waals surface area contributed by atoms with Gasteiger partial charge in [-0.05, 0) is 19.3 Å². The number of ether oxygens (including phenoxy) is 1. The van der Waals surface area contributed by atoms with Crippen molar-refractivity contribution in [1.29, 1.82) is 0 Å². The first-order valence-electron chi connectivity index (χ1n) is 6.21. The molecule has 0 bridgehead atoms. The smallest absolute Gasteiger partial charge is 0.310 e. The number of aliphatic hydroxyl groups is 1. The first-order chi connectivity index (χ1) is 8.46. The van der Waals surface area contributed by atoms with Crippen LogP contribution >= 0.6 is 0 Å². The highest BCUT2D eigenvalue weighted by Gasteiger charge is 2.46. The summed E-state index contributed by atoms with van der Waals surface area (Å²) < 4.78 is 30.8. The average Bonchev–Trinajstić information content (AvgIpc) is 2.96. The third kappa shape index (κ3) is 2.39. The molecule has 1 heterocycles. The molecule has 104 valence electrons. The molecule has 7 heteroatoms. The van der Waals surface area contributed by atoms with Gasteiger partial charge in [-0.1, -0.05) is 6.42 Å². The van der Waals surface area contributed by atoms with Gasteiger partial charge < -0.3 is 9.84 Å². The predicted molar refractivity (Wildman–Crippen MR) is 64.3 cm³/mol. The van der Waals surface area contributed by atoms with Crippen LogP contribution in [0.1, 0.15) is 25.7 Å². The maximum absolute atomic E-state index is 12.4. The Labute approximate surface area is 107 Å². The van der Waals surface area contributed by atoms with Crippen LogP contribution in [0.3, 0.4) is 0 Å². The Balaban J connectivity index is 2.16. The Morgan fingerprint density at radius 1 is 1.33 bits per heavy atom. The lowest BCUT2D eigenvalue weighted by Gasteiger charge is -2.24. The molecule has 0 aromatic rings. The minimum absolute atomic E-state index is 0.146. The van der Waals surface area contributed by atoms with E-state index in [4.69, 9.17) is 0 Å². The van der Waals surface area contributed by atoms with Crippen molar-refractivity contribution in [2.24, 2.45) is 5.92 Å². The monoisotopic (exact) mass is 277 g/mol. The zero-order valence-corrected chi connectivity index (χ0v) is 11.2. The van der Waals surface area contributed by atoms with Crippen LogP contribution in [-0.2, 0) is 19.6 Å². The highest BCUT2D eigenvalue weighted by molar-refractivity contribution is 7.89. The molecule has 2 rings (SSSR count). The molecule has 1 aliphatic carbocycles. The number of carbonyl (C=O) groups excluding carboxylic acids is 1. The molecule has 2 unspecified atom stereocenters. The molecule has 18 heavy (non-hydrogen) atoms. The van der Waals surface area contributed by atoms with Crippen LogP contribution in [-0.4, -0.2) is 55.4 Å². The van der Waals surface area contributed by atoms with Gasteiger partial charge in [0.05, 0.1) is 24.4 Å². The number of sulfonamides is 1. The number of aliphatic hydroxyl groups excluding tert-OH is 1. The number of carbonyl (C=O) groups is 1. The lowest BCUT2D eigenvalue weighted by atomic mass is 10.1. The van der Waals surface area contributed by atoms with Crippen molar-refractivity contribution in [2.75, 3.05) is 20.2 Å². The summed E-state index contributed by atoms with van der Waals surface area (Å²) in [5.41, 5.74) is 0. The fraction of sp³-hybridized carbons (Fsp3) is 0.909. The lowest BCUT2D eigenvalue weighted by Crippen LogP contribution is -2.41. The minimum Gasteiger partial charge on any atom is -0.469 e. The molecule has 2 fully saturated rings. The molecule has 2 aliphatic rings. The van der Waals surface area contributed by atoms with E-state index >= 15 is 0 Å². The van der Waals surface area contributed by atoms with E-state index in [1.54, 1.807) is 0 Å². The van der Waals surface area contributed by atoms with E-state index in [1.165, 1.54) is 11.4 Å². The van der Waals surface area contributed by atoms with E-state index in [1.807, 2.05) is 0 Å². The number of rotatable bonds is 3. The van der Waals surface area contributed by atoms with E-state index in [0.29, 0.717) is 25.8 Å². The highest BCUT2D eigenvalue weighted by Crippen LogP contribution is 2.34. The largest absolute Gasteiger partial charge is 0.469 e. The summed E-state index contributed by atoms with van der Waals surface area (Å²) >= 11 is 0. The summed E-state index contributed by atoms with van der Waals surface area (Å²) in [4.78, 5) is 11.6. The van der Waals surface area contributed by atoms with Gasteiger partial charge in [0, 0.05) is 13.1 Å². The molecule has 3 atom stereocenters. The van der Waals surface area contributed by atoms with Crippen LogP contribution in [0.15, 0.2) is 0 Å². The van der Waals surface area contributed by atoms with Crippen LogP contribution in [0.2, 0.25) is 0 Å². The third-order valence-electron chi connectivity index (χ3n) is 3.83. The van der Waals surface area contributed by atoms with E-state index in [-0.39, 0.29) is 6.54 Å². The first kappa shape index (κ1) is 13.8. The van der Waals surface area contributed by atoms with E-state index < -0.39 is 33.3 Å². The quantitative estimate of drug-likeness (QED) is 0.718. The van der Waals surface area contributed by atoms with Gasteiger partial charge in [-0.2, -0.15) is 4.31 Å². The van der Waals surface area contributed by atoms with Gasteiger partial charge in [0.15, 0.2) is 0 Å². The van der Waals surface area contributed by atoms with E-state index in [0.717, 1.165) is 6.42 Å². The van der Waals surface area contributed by atoms with Crippen molar-refractivity contribution in [3.05, 3.63) is 0 Å². The van der Waals surface area contributed by atoms with E-state index in [2.05, 4.69) is 4.74 Å². The zero-order chi connectivity index (χ0) is 13.3. The molecule has 0 amide bonds. The number of hydrogen-bond donors (Lipinski definition) is 1. The standard InChI is InChI=1S/C11H19NO5S/c1-17-11(14)9-3-2-4-10(9)18(15,16)12-6-5-8(13)7-12/h8-10,13H,2-7H2,1H3/t8-,9?,10?/m0/s1. The summed E-state index contributed by atoms with van der Waals surface area (Å²) in [6, 6.07) is 0. The van der Waals surface area contributed by atoms with Crippen LogP contribution in [0.25, 0.3) is 0 Å². The maximum atomic E-state index is 12.4. The molecule has 0 spiro atoms. The number of nitrogens with zero attached hydrogens (tertiary/aromatic N) is 1. The molecular weight excluding hydrogens is 258 g/mol. The zero-order valence-electron chi connectivity index (χ0n) is 10.4. The molecule has 0 aromatic carbocycles. The van der Waals surface area contributed by atoms with Crippen LogP contribution in [0.5, 0.6) is 0 Å².